The predicted octanol–water partition coefficient (Wildman–Crippen LogP) is 0.369. The molecule has 8 heteroatoms. The molecule has 0 aliphatic carbocycles. The van der Waals surface area contributed by atoms with Crippen LogP contribution >= 0.6 is 0 Å². The predicted molar refractivity (Wildman–Crippen MR) is 126 cm³/mol. The second kappa shape index (κ2) is 9.91. The number of ether oxygens (including phenoxy) is 2. The molecule has 8 unspecified atom stereocenters. The first-order valence-corrected chi connectivity index (χ1v) is 13.2. The summed E-state index contributed by atoms with van der Waals surface area (Å²) < 4.78 is 13.9. The lowest BCUT2D eigenvalue weighted by atomic mass is 9.97. The van der Waals surface area contributed by atoms with Crippen molar-refractivity contribution >= 4 is 0 Å². The third kappa shape index (κ3) is 4.33. The molecule has 0 aromatic heterocycles. The fraction of sp³-hybridized carbons (Fsp3) is 0.769. The van der Waals surface area contributed by atoms with Crippen molar-refractivity contribution in [2.75, 3.05) is 65.7 Å². The Bertz CT molecular complexity index is 778. The van der Waals surface area contributed by atoms with E-state index in [0.29, 0.717) is 13.2 Å². The van der Waals surface area contributed by atoms with E-state index >= 15 is 0 Å². The smallest absolute Gasteiger partial charge is 0.137 e. The lowest BCUT2D eigenvalue weighted by molar-refractivity contribution is -0.930. The first-order valence-electron chi connectivity index (χ1n) is 13.2. The Morgan fingerprint density at radius 2 is 1.15 bits per heavy atom. The van der Waals surface area contributed by atoms with E-state index in [9.17, 15) is 20.4 Å². The average Bonchev–Trinajstić information content (AvgIpc) is 3.56. The minimum Gasteiger partial charge on any atom is -0.488 e. The van der Waals surface area contributed by atoms with E-state index in [0.717, 1.165) is 85.4 Å². The van der Waals surface area contributed by atoms with E-state index in [1.807, 2.05) is 24.3 Å². The molecular weight excluding hydrogens is 436 g/mol. The van der Waals surface area contributed by atoms with Crippen LogP contribution in [-0.2, 0) is 0 Å². The van der Waals surface area contributed by atoms with Gasteiger partial charge in [-0.05, 0) is 12.1 Å². The normalized spacial score (nSPS) is 40.9. The maximum Gasteiger partial charge on any atom is 0.137 e. The Morgan fingerprint density at radius 3 is 1.59 bits per heavy atom. The van der Waals surface area contributed by atoms with Gasteiger partial charge in [-0.1, -0.05) is 6.07 Å². The van der Waals surface area contributed by atoms with Gasteiger partial charge in [0.15, 0.2) is 0 Å². The van der Waals surface area contributed by atoms with Gasteiger partial charge in [-0.3, -0.25) is 0 Å². The molecule has 0 spiro atoms. The van der Waals surface area contributed by atoms with Crippen molar-refractivity contribution in [2.24, 2.45) is 11.8 Å². The summed E-state index contributed by atoms with van der Waals surface area (Å²) in [5.41, 5.74) is 0. The number of aliphatic hydroxyl groups excluding tert-OH is 4. The molecule has 4 fully saturated rings. The minimum atomic E-state index is -0.317. The standard InChI is InChI=1S/C26H42N2O6/c29-17-19-4-8-27(10-6-23(31)25(19)27)12-14-33-21-2-1-3-22(16-21)34-15-13-28-9-5-20(18-30)26(28)24(32)7-11-28/h1-3,16,19-20,23-26,29-32H,4-15,17-18H2/q+2. The van der Waals surface area contributed by atoms with Crippen LogP contribution in [0.15, 0.2) is 24.3 Å². The van der Waals surface area contributed by atoms with Gasteiger partial charge in [0.25, 0.3) is 0 Å². The van der Waals surface area contributed by atoms with E-state index in [-0.39, 0.29) is 49.3 Å². The molecule has 4 heterocycles. The summed E-state index contributed by atoms with van der Waals surface area (Å²) >= 11 is 0. The number of benzene rings is 1. The Balaban J connectivity index is 1.13. The topological polar surface area (TPSA) is 99.4 Å². The summed E-state index contributed by atoms with van der Waals surface area (Å²) in [6.07, 6.45) is 2.92. The lowest BCUT2D eigenvalue weighted by Crippen LogP contribution is -2.53. The van der Waals surface area contributed by atoms with Gasteiger partial charge < -0.3 is 38.9 Å². The number of fused-ring (bicyclic) bond motifs is 2. The molecule has 0 bridgehead atoms. The summed E-state index contributed by atoms with van der Waals surface area (Å²) in [6.45, 7) is 7.09. The van der Waals surface area contributed by atoms with Gasteiger partial charge in [-0.15, -0.1) is 0 Å². The van der Waals surface area contributed by atoms with E-state index in [2.05, 4.69) is 0 Å². The van der Waals surface area contributed by atoms with Crippen LogP contribution in [0.5, 0.6) is 11.5 Å². The molecule has 4 N–H and O–H groups in total. The number of rotatable bonds is 10. The second-order valence-electron chi connectivity index (χ2n) is 11.1. The third-order valence-corrected chi connectivity index (χ3v) is 9.54. The Hall–Kier alpha value is -1.42. The van der Waals surface area contributed by atoms with Crippen LogP contribution in [0.4, 0.5) is 0 Å². The van der Waals surface area contributed by atoms with Crippen LogP contribution in [0.25, 0.3) is 0 Å². The van der Waals surface area contributed by atoms with Gasteiger partial charge in [0.2, 0.25) is 0 Å². The quantitative estimate of drug-likeness (QED) is 0.363. The Labute approximate surface area is 202 Å². The molecule has 0 amide bonds. The molecule has 8 atom stereocenters. The third-order valence-electron chi connectivity index (χ3n) is 9.54. The molecule has 8 nitrogen and oxygen atoms in total. The highest BCUT2D eigenvalue weighted by atomic mass is 16.5. The van der Waals surface area contributed by atoms with Crippen LogP contribution in [0.3, 0.4) is 0 Å². The van der Waals surface area contributed by atoms with Gasteiger partial charge in [-0.25, -0.2) is 0 Å². The SMILES string of the molecule is OCC1CC[N+]2(CCOc3cccc(OCC[N+]45CCC(O)C4C(CO)CC5)c3)CCC(O)C12. The highest BCUT2D eigenvalue weighted by molar-refractivity contribution is 5.32. The summed E-state index contributed by atoms with van der Waals surface area (Å²) in [5, 5.41) is 40.4. The molecule has 4 saturated heterocycles. The van der Waals surface area contributed by atoms with E-state index < -0.39 is 0 Å². The van der Waals surface area contributed by atoms with Crippen molar-refractivity contribution < 1.29 is 38.9 Å². The van der Waals surface area contributed by atoms with Crippen LogP contribution in [-0.4, -0.2) is 119 Å². The second-order valence-corrected chi connectivity index (χ2v) is 11.1. The van der Waals surface area contributed by atoms with Gasteiger partial charge in [-0.2, -0.15) is 0 Å². The molecule has 4 aliphatic heterocycles. The molecular formula is C26H42N2O6+2. The molecule has 0 radical (unpaired) electrons. The van der Waals surface area contributed by atoms with Crippen molar-refractivity contribution in [3.05, 3.63) is 24.3 Å². The van der Waals surface area contributed by atoms with Gasteiger partial charge >= 0.3 is 0 Å². The summed E-state index contributed by atoms with van der Waals surface area (Å²) in [7, 11) is 0. The molecule has 1 aromatic carbocycles. The van der Waals surface area contributed by atoms with Crippen molar-refractivity contribution in [3.8, 4) is 11.5 Å². The molecule has 4 aliphatic rings. The molecule has 190 valence electrons. The maximum atomic E-state index is 10.5. The number of hydrogen-bond donors (Lipinski definition) is 4. The minimum absolute atomic E-state index is 0.139. The van der Waals surface area contributed by atoms with Gasteiger partial charge in [0, 0.05) is 43.6 Å². The van der Waals surface area contributed by atoms with Crippen molar-refractivity contribution in [1.82, 2.24) is 0 Å². The molecule has 5 rings (SSSR count). The zero-order valence-electron chi connectivity index (χ0n) is 20.2. The number of aliphatic hydroxyl groups is 4. The van der Waals surface area contributed by atoms with Crippen molar-refractivity contribution in [1.29, 1.82) is 0 Å². The number of hydrogen-bond acceptors (Lipinski definition) is 6. The highest BCUT2D eigenvalue weighted by Gasteiger charge is 2.56. The number of quaternary nitrogens is 2. The van der Waals surface area contributed by atoms with E-state index in [4.69, 9.17) is 9.47 Å². The van der Waals surface area contributed by atoms with Gasteiger partial charge in [0.05, 0.1) is 39.4 Å². The Kier molecular flexibility index (Phi) is 7.08. The Morgan fingerprint density at radius 1 is 0.706 bits per heavy atom. The van der Waals surface area contributed by atoms with Crippen LogP contribution < -0.4 is 9.47 Å². The lowest BCUT2D eigenvalue weighted by Gasteiger charge is -2.36. The zero-order chi connectivity index (χ0) is 23.8. The van der Waals surface area contributed by atoms with Crippen LogP contribution in [0.1, 0.15) is 25.7 Å². The monoisotopic (exact) mass is 478 g/mol. The summed E-state index contributed by atoms with van der Waals surface area (Å²) in [4.78, 5) is 0. The van der Waals surface area contributed by atoms with Crippen molar-refractivity contribution in [2.45, 2.75) is 50.0 Å². The molecule has 1 aromatic rings. The van der Waals surface area contributed by atoms with E-state index in [1.54, 1.807) is 0 Å². The largest absolute Gasteiger partial charge is 0.488 e. The summed E-state index contributed by atoms with van der Waals surface area (Å²) in [5.74, 6) is 1.96. The molecule has 0 saturated carbocycles. The fourth-order valence-electron chi connectivity index (χ4n) is 7.87. The van der Waals surface area contributed by atoms with Crippen LogP contribution in [0, 0.1) is 11.8 Å². The highest BCUT2D eigenvalue weighted by Crippen LogP contribution is 2.41. The molecule has 34 heavy (non-hydrogen) atoms. The number of nitrogens with zero attached hydrogens (tertiary/aromatic N) is 2. The zero-order valence-corrected chi connectivity index (χ0v) is 20.2. The first kappa shape index (κ1) is 24.3. The summed E-state index contributed by atoms with van der Waals surface area (Å²) in [6, 6.07) is 8.06. The maximum absolute atomic E-state index is 10.5. The van der Waals surface area contributed by atoms with Gasteiger partial charge in [0.1, 0.15) is 62.1 Å². The van der Waals surface area contributed by atoms with Crippen LogP contribution in [0.2, 0.25) is 0 Å². The average molecular weight is 479 g/mol. The van der Waals surface area contributed by atoms with E-state index in [1.165, 1.54) is 0 Å². The van der Waals surface area contributed by atoms with Crippen molar-refractivity contribution in [3.63, 3.8) is 0 Å². The fourth-order valence-corrected chi connectivity index (χ4v) is 7.87. The first-order chi connectivity index (χ1) is 16.5.